The molecule has 0 fully saturated rings. The van der Waals surface area contributed by atoms with Crippen molar-refractivity contribution in [2.45, 2.75) is 27.7 Å². The second kappa shape index (κ2) is 15.8. The predicted molar refractivity (Wildman–Crippen MR) is 203 cm³/mol. The molecular formula is C43H38ClSiZr-3. The predicted octanol–water partition coefficient (Wildman–Crippen LogP) is 12.3. The van der Waals surface area contributed by atoms with Gasteiger partial charge in [0.1, 0.15) is 0 Å². The van der Waals surface area contributed by atoms with Gasteiger partial charge in [0.15, 0.2) is 0 Å². The third-order valence-corrected chi connectivity index (χ3v) is 7.95. The molecule has 0 amide bonds. The van der Waals surface area contributed by atoms with E-state index in [9.17, 15) is 0 Å². The van der Waals surface area contributed by atoms with Crippen molar-refractivity contribution in [3.05, 3.63) is 162 Å². The monoisotopic (exact) mass is 707 g/mol. The Balaban J connectivity index is 0.000000155. The topological polar surface area (TPSA) is 0 Å². The van der Waals surface area contributed by atoms with Gasteiger partial charge in [0.25, 0.3) is 0 Å². The average Bonchev–Trinajstić information content (AvgIpc) is 3.66. The normalized spacial score (nSPS) is 10.6. The molecule has 0 atom stereocenters. The van der Waals surface area contributed by atoms with Gasteiger partial charge in [0, 0.05) is 0 Å². The Bertz CT molecular complexity index is 2050. The van der Waals surface area contributed by atoms with Crippen LogP contribution in [0.15, 0.2) is 146 Å². The minimum absolute atomic E-state index is 0.889. The molecule has 0 unspecified atom stereocenters. The minimum atomic E-state index is 0.889. The van der Waals surface area contributed by atoms with Crippen LogP contribution in [0, 0.1) is 19.2 Å². The first-order chi connectivity index (χ1) is 22.4. The first kappa shape index (κ1) is 33.8. The number of fused-ring (bicyclic) bond motifs is 4. The second-order valence-electron chi connectivity index (χ2n) is 11.6. The molecule has 0 N–H and O–H groups in total. The van der Waals surface area contributed by atoms with Crippen molar-refractivity contribution in [3.63, 3.8) is 0 Å². The van der Waals surface area contributed by atoms with E-state index in [0.717, 1.165) is 5.38 Å². The fourth-order valence-electron chi connectivity index (χ4n) is 6.16. The molecule has 0 bridgehead atoms. The van der Waals surface area contributed by atoms with E-state index < -0.39 is 0 Å². The quantitative estimate of drug-likeness (QED) is 0.124. The summed E-state index contributed by atoms with van der Waals surface area (Å²) in [5, 5.41) is 11.5. The summed E-state index contributed by atoms with van der Waals surface area (Å²) in [5.74, 6) is 0. The zero-order valence-corrected chi connectivity index (χ0v) is 31.6. The van der Waals surface area contributed by atoms with Gasteiger partial charge in [-0.05, 0) is 32.7 Å². The molecule has 0 saturated carbocycles. The van der Waals surface area contributed by atoms with E-state index in [2.05, 4.69) is 159 Å². The molecular weight excluding hydrogens is 671 g/mol. The third-order valence-electron chi connectivity index (χ3n) is 7.95. The van der Waals surface area contributed by atoms with Gasteiger partial charge in [-0.2, -0.15) is 26.0 Å². The van der Waals surface area contributed by atoms with Crippen LogP contribution in [0.3, 0.4) is 0 Å². The van der Waals surface area contributed by atoms with Gasteiger partial charge in [0.2, 0.25) is 0 Å². The Hall–Kier alpha value is -3.55. The Kier molecular flexibility index (Phi) is 11.6. The summed E-state index contributed by atoms with van der Waals surface area (Å²) in [4.78, 5) is 0. The summed E-state index contributed by atoms with van der Waals surface area (Å²) in [6, 6.07) is 52.5. The molecule has 0 nitrogen and oxygen atoms in total. The summed E-state index contributed by atoms with van der Waals surface area (Å²) in [7, 11) is 0. The molecule has 0 saturated heterocycles. The summed E-state index contributed by atoms with van der Waals surface area (Å²) >= 11 is 6.77. The zero-order chi connectivity index (χ0) is 32.6. The van der Waals surface area contributed by atoms with Crippen LogP contribution in [0.1, 0.15) is 25.0 Å². The molecule has 46 heavy (non-hydrogen) atoms. The van der Waals surface area contributed by atoms with Crippen LogP contribution >= 0.6 is 11.6 Å². The molecule has 228 valence electrons. The van der Waals surface area contributed by atoms with Gasteiger partial charge < -0.3 is 11.6 Å². The maximum atomic E-state index is 5.19. The van der Waals surface area contributed by atoms with Crippen LogP contribution in [0.4, 0.5) is 0 Å². The number of benzene rings is 6. The first-order valence-electron chi connectivity index (χ1n) is 15.5. The van der Waals surface area contributed by atoms with Crippen molar-refractivity contribution < 1.29 is 23.3 Å². The molecule has 0 aliphatic heterocycles. The number of hydrogen-bond donors (Lipinski definition) is 0. The Morgan fingerprint density at radius 3 is 1.17 bits per heavy atom. The average molecular weight is 710 g/mol. The van der Waals surface area contributed by atoms with Gasteiger partial charge in [-0.3, -0.25) is 0 Å². The Morgan fingerprint density at radius 1 is 0.478 bits per heavy atom. The van der Waals surface area contributed by atoms with Gasteiger partial charge in [-0.1, -0.05) is 122 Å². The van der Waals surface area contributed by atoms with Crippen LogP contribution in [0.5, 0.6) is 0 Å². The van der Waals surface area contributed by atoms with E-state index in [1.54, 1.807) is 23.3 Å². The SMILES string of the molecule is C[C-](C)Cl.Cc1cc2c(-c3cccc4ccccc34)cccc2[cH-]1.Cc1cc2c(-c3cccc4ccccc34)cccc2[cH-]1.[SiH2]=[Zr]. The second-order valence-corrected chi connectivity index (χ2v) is 12.4. The Morgan fingerprint density at radius 2 is 0.783 bits per heavy atom. The van der Waals surface area contributed by atoms with Crippen molar-refractivity contribution in [1.82, 2.24) is 0 Å². The number of halogens is 1. The molecule has 8 aromatic carbocycles. The molecule has 0 radical (unpaired) electrons. The molecule has 0 aromatic heterocycles. The number of aryl methyl sites for hydroxylation is 2. The van der Waals surface area contributed by atoms with E-state index >= 15 is 0 Å². The maximum absolute atomic E-state index is 5.19. The van der Waals surface area contributed by atoms with Crippen LogP contribution in [0.25, 0.3) is 65.3 Å². The zero-order valence-electron chi connectivity index (χ0n) is 26.9. The molecule has 8 aromatic rings. The Labute approximate surface area is 295 Å². The van der Waals surface area contributed by atoms with Crippen molar-refractivity contribution in [1.29, 1.82) is 0 Å². The molecule has 0 aliphatic rings. The first-order valence-corrected chi connectivity index (χ1v) is 21.8. The van der Waals surface area contributed by atoms with Gasteiger partial charge in [0.05, 0.1) is 0 Å². The van der Waals surface area contributed by atoms with E-state index in [1.807, 2.05) is 20.7 Å². The van der Waals surface area contributed by atoms with E-state index in [0.29, 0.717) is 0 Å². The number of hydrogen-bond acceptors (Lipinski definition) is 0. The van der Waals surface area contributed by atoms with Gasteiger partial charge in [-0.25, -0.2) is 5.38 Å². The van der Waals surface area contributed by atoms with Gasteiger partial charge >= 0.3 is 30.2 Å². The number of rotatable bonds is 2. The fraction of sp³-hybridized carbons (Fsp3) is 0.0930. The van der Waals surface area contributed by atoms with Crippen molar-refractivity contribution >= 4 is 61.6 Å². The van der Waals surface area contributed by atoms with Crippen molar-refractivity contribution in [2.75, 3.05) is 0 Å². The van der Waals surface area contributed by atoms with Gasteiger partial charge in [-0.15, -0.1) is 69.1 Å². The third kappa shape index (κ3) is 7.69. The summed E-state index contributed by atoms with van der Waals surface area (Å²) < 4.78 is 0. The molecule has 0 heterocycles. The van der Waals surface area contributed by atoms with Crippen LogP contribution < -0.4 is 0 Å². The van der Waals surface area contributed by atoms with Crippen molar-refractivity contribution in [2.24, 2.45) is 0 Å². The van der Waals surface area contributed by atoms with E-state index in [-0.39, 0.29) is 0 Å². The van der Waals surface area contributed by atoms with Crippen LogP contribution in [-0.4, -0.2) is 6.88 Å². The van der Waals surface area contributed by atoms with Crippen LogP contribution in [0.2, 0.25) is 0 Å². The molecule has 3 heteroatoms. The molecule has 8 rings (SSSR count). The van der Waals surface area contributed by atoms with Crippen molar-refractivity contribution in [3.8, 4) is 22.3 Å². The summed E-state index contributed by atoms with van der Waals surface area (Å²) in [5.41, 5.74) is 7.94. The van der Waals surface area contributed by atoms with Crippen LogP contribution in [-0.2, 0) is 23.3 Å². The molecule has 0 aliphatic carbocycles. The summed E-state index contributed by atoms with van der Waals surface area (Å²) in [6.07, 6.45) is 0. The van der Waals surface area contributed by atoms with E-state index in [4.69, 9.17) is 11.6 Å². The fourth-order valence-corrected chi connectivity index (χ4v) is 6.16. The standard InChI is InChI=1S/2C20H15.C3H6Cl.H2Si.Zr/c2*1-14-12-16-8-5-11-19(20(16)13-14)18-10-4-7-15-6-2-3-9-17(15)18;1-3(2)4;;/h2*2-13H,1H3;1-2H3;1H2;/q3*-1;;. The molecule has 0 spiro atoms. The summed E-state index contributed by atoms with van der Waals surface area (Å²) in [6.45, 7) is 9.97. The van der Waals surface area contributed by atoms with E-state index in [1.165, 1.54) is 76.5 Å².